The molecule has 0 atom stereocenters. The van der Waals surface area contributed by atoms with Crippen LogP contribution in [0, 0.1) is 0 Å². The van der Waals surface area contributed by atoms with Gasteiger partial charge in [0.05, 0.1) is 0 Å². The van der Waals surface area contributed by atoms with Crippen LogP contribution in [0.5, 0.6) is 0 Å². The standard InChI is InChI=1S/C12H24N2O3S/c1-4-10-14(5-2)11(15)12(18(3,16)17)6-8-13-9-7-12/h13H,4-10H2,1-3H3. The molecule has 6 heteroatoms. The van der Waals surface area contributed by atoms with Gasteiger partial charge < -0.3 is 10.2 Å². The molecule has 18 heavy (non-hydrogen) atoms. The van der Waals surface area contributed by atoms with Crippen molar-refractivity contribution >= 4 is 15.7 Å². The third-order valence-corrected chi connectivity index (χ3v) is 5.68. The Morgan fingerprint density at radius 3 is 2.22 bits per heavy atom. The van der Waals surface area contributed by atoms with Crippen LogP contribution in [0.1, 0.15) is 33.1 Å². The molecule has 1 N–H and O–H groups in total. The van der Waals surface area contributed by atoms with E-state index in [0.29, 0.717) is 39.0 Å². The fraction of sp³-hybridized carbons (Fsp3) is 0.917. The van der Waals surface area contributed by atoms with E-state index in [1.54, 1.807) is 4.90 Å². The van der Waals surface area contributed by atoms with Crippen LogP contribution in [0.15, 0.2) is 0 Å². The number of carbonyl (C=O) groups is 1. The van der Waals surface area contributed by atoms with Gasteiger partial charge in [-0.1, -0.05) is 6.92 Å². The van der Waals surface area contributed by atoms with Crippen molar-refractivity contribution in [2.24, 2.45) is 0 Å². The summed E-state index contributed by atoms with van der Waals surface area (Å²) in [5.41, 5.74) is 0. The maximum atomic E-state index is 12.6. The van der Waals surface area contributed by atoms with Crippen LogP contribution in [0.4, 0.5) is 0 Å². The molecule has 0 spiro atoms. The molecule has 0 saturated carbocycles. The van der Waals surface area contributed by atoms with Crippen LogP contribution in [-0.4, -0.2) is 56.4 Å². The Hall–Kier alpha value is -0.620. The first-order valence-corrected chi connectivity index (χ1v) is 8.48. The van der Waals surface area contributed by atoms with Gasteiger partial charge in [0, 0.05) is 19.3 Å². The Labute approximate surface area is 110 Å². The third-order valence-electron chi connectivity index (χ3n) is 3.67. The monoisotopic (exact) mass is 276 g/mol. The Kier molecular flexibility index (Phi) is 5.16. The summed E-state index contributed by atoms with van der Waals surface area (Å²) in [6.07, 6.45) is 2.80. The molecular formula is C12H24N2O3S. The molecule has 1 fully saturated rings. The number of hydrogen-bond donors (Lipinski definition) is 1. The second-order valence-electron chi connectivity index (χ2n) is 4.90. The Morgan fingerprint density at radius 2 is 1.83 bits per heavy atom. The van der Waals surface area contributed by atoms with Gasteiger partial charge in [-0.05, 0) is 39.3 Å². The molecule has 1 saturated heterocycles. The summed E-state index contributed by atoms with van der Waals surface area (Å²) in [6.45, 7) is 6.25. The zero-order valence-electron chi connectivity index (χ0n) is 11.5. The number of nitrogens with one attached hydrogen (secondary N) is 1. The summed E-state index contributed by atoms with van der Waals surface area (Å²) in [7, 11) is -3.39. The summed E-state index contributed by atoms with van der Waals surface area (Å²) in [5.74, 6) is -0.212. The molecule has 1 aliphatic heterocycles. The molecular weight excluding hydrogens is 252 g/mol. The fourth-order valence-corrected chi connectivity index (χ4v) is 3.93. The Morgan fingerprint density at radius 1 is 1.28 bits per heavy atom. The molecule has 0 unspecified atom stereocenters. The molecule has 5 nitrogen and oxygen atoms in total. The van der Waals surface area contributed by atoms with Gasteiger partial charge in [0.25, 0.3) is 0 Å². The van der Waals surface area contributed by atoms with Gasteiger partial charge in [0.1, 0.15) is 0 Å². The average molecular weight is 276 g/mol. The average Bonchev–Trinajstić information content (AvgIpc) is 2.34. The first-order valence-electron chi connectivity index (χ1n) is 6.58. The number of hydrogen-bond acceptors (Lipinski definition) is 4. The van der Waals surface area contributed by atoms with Gasteiger partial charge in [-0.3, -0.25) is 4.79 Å². The van der Waals surface area contributed by atoms with E-state index in [1.165, 1.54) is 6.26 Å². The maximum Gasteiger partial charge on any atom is 0.244 e. The van der Waals surface area contributed by atoms with Crippen molar-refractivity contribution in [3.63, 3.8) is 0 Å². The lowest BCUT2D eigenvalue weighted by Gasteiger charge is -2.38. The minimum Gasteiger partial charge on any atom is -0.342 e. The molecule has 1 aliphatic rings. The minimum absolute atomic E-state index is 0.212. The van der Waals surface area contributed by atoms with E-state index in [4.69, 9.17) is 0 Å². The largest absolute Gasteiger partial charge is 0.342 e. The zero-order valence-corrected chi connectivity index (χ0v) is 12.3. The molecule has 0 aromatic rings. The van der Waals surface area contributed by atoms with Crippen LogP contribution in [0.3, 0.4) is 0 Å². The Balaban J connectivity index is 3.07. The maximum absolute atomic E-state index is 12.6. The van der Waals surface area contributed by atoms with Crippen molar-refractivity contribution in [1.82, 2.24) is 10.2 Å². The number of piperidine rings is 1. The van der Waals surface area contributed by atoms with Gasteiger partial charge in [-0.15, -0.1) is 0 Å². The van der Waals surface area contributed by atoms with Gasteiger partial charge in [-0.25, -0.2) is 8.42 Å². The minimum atomic E-state index is -3.39. The van der Waals surface area contributed by atoms with Crippen molar-refractivity contribution in [3.05, 3.63) is 0 Å². The van der Waals surface area contributed by atoms with Gasteiger partial charge >= 0.3 is 0 Å². The van der Waals surface area contributed by atoms with E-state index in [1.807, 2.05) is 13.8 Å². The first kappa shape index (κ1) is 15.4. The molecule has 0 radical (unpaired) electrons. The molecule has 0 aliphatic carbocycles. The second kappa shape index (κ2) is 6.02. The van der Waals surface area contributed by atoms with Crippen LogP contribution in [0.2, 0.25) is 0 Å². The number of carbonyl (C=O) groups excluding carboxylic acids is 1. The van der Waals surface area contributed by atoms with E-state index in [2.05, 4.69) is 5.32 Å². The SMILES string of the molecule is CCCN(CC)C(=O)C1(S(C)(=O)=O)CCNCC1. The Bertz CT molecular complexity index is 386. The lowest BCUT2D eigenvalue weighted by atomic mass is 9.95. The highest BCUT2D eigenvalue weighted by atomic mass is 32.2. The van der Waals surface area contributed by atoms with Crippen LogP contribution >= 0.6 is 0 Å². The summed E-state index contributed by atoms with van der Waals surface area (Å²) < 4.78 is 23.0. The topological polar surface area (TPSA) is 66.5 Å². The van der Waals surface area contributed by atoms with Crippen molar-refractivity contribution in [3.8, 4) is 0 Å². The lowest BCUT2D eigenvalue weighted by Crippen LogP contribution is -2.58. The van der Waals surface area contributed by atoms with E-state index in [-0.39, 0.29) is 5.91 Å². The predicted molar refractivity (Wildman–Crippen MR) is 72.2 cm³/mol. The molecule has 106 valence electrons. The number of sulfone groups is 1. The smallest absolute Gasteiger partial charge is 0.244 e. The molecule has 1 amide bonds. The van der Waals surface area contributed by atoms with Crippen LogP contribution in [-0.2, 0) is 14.6 Å². The van der Waals surface area contributed by atoms with Crippen molar-refractivity contribution in [2.45, 2.75) is 37.9 Å². The van der Waals surface area contributed by atoms with E-state index < -0.39 is 14.6 Å². The van der Waals surface area contributed by atoms with Crippen molar-refractivity contribution in [2.75, 3.05) is 32.4 Å². The number of rotatable bonds is 5. The van der Waals surface area contributed by atoms with Gasteiger partial charge in [0.2, 0.25) is 5.91 Å². The summed E-state index contributed by atoms with van der Waals surface area (Å²) in [4.78, 5) is 14.3. The summed E-state index contributed by atoms with van der Waals surface area (Å²) >= 11 is 0. The molecule has 1 heterocycles. The van der Waals surface area contributed by atoms with Gasteiger partial charge in [-0.2, -0.15) is 0 Å². The number of nitrogens with zero attached hydrogens (tertiary/aromatic N) is 1. The highest BCUT2D eigenvalue weighted by Crippen LogP contribution is 2.30. The predicted octanol–water partition coefficient (Wildman–Crippen LogP) is 0.412. The molecule has 0 aromatic heterocycles. The van der Waals surface area contributed by atoms with Gasteiger partial charge in [0.15, 0.2) is 14.6 Å². The molecule has 1 rings (SSSR count). The van der Waals surface area contributed by atoms with E-state index >= 15 is 0 Å². The first-order chi connectivity index (χ1) is 8.39. The normalized spacial score (nSPS) is 19.5. The molecule has 0 aromatic carbocycles. The quantitative estimate of drug-likeness (QED) is 0.790. The molecule has 0 bridgehead atoms. The van der Waals surface area contributed by atoms with Crippen molar-refractivity contribution in [1.29, 1.82) is 0 Å². The van der Waals surface area contributed by atoms with Crippen molar-refractivity contribution < 1.29 is 13.2 Å². The lowest BCUT2D eigenvalue weighted by molar-refractivity contribution is -0.134. The number of amides is 1. The highest BCUT2D eigenvalue weighted by Gasteiger charge is 2.50. The third kappa shape index (κ3) is 2.85. The second-order valence-corrected chi connectivity index (χ2v) is 7.23. The fourth-order valence-electron chi connectivity index (χ4n) is 2.54. The summed E-state index contributed by atoms with van der Waals surface area (Å²) in [6, 6.07) is 0. The van der Waals surface area contributed by atoms with E-state index in [9.17, 15) is 13.2 Å². The zero-order chi connectivity index (χ0) is 13.8. The highest BCUT2D eigenvalue weighted by molar-refractivity contribution is 7.92. The van der Waals surface area contributed by atoms with E-state index in [0.717, 1.165) is 6.42 Å². The van der Waals surface area contributed by atoms with Crippen LogP contribution in [0.25, 0.3) is 0 Å². The summed E-state index contributed by atoms with van der Waals surface area (Å²) in [5, 5.41) is 3.12. The van der Waals surface area contributed by atoms with Crippen LogP contribution < -0.4 is 5.32 Å².